The monoisotopic (exact) mass is 494 g/mol. The molecular formula is C22H46O4Sn. The molecule has 0 amide bonds. The fourth-order valence-corrected chi connectivity index (χ4v) is 4.60. The van der Waals surface area contributed by atoms with Crippen molar-refractivity contribution in [2.75, 3.05) is 0 Å². The molecule has 2 N–H and O–H groups in total. The van der Waals surface area contributed by atoms with Crippen LogP contribution >= 0.6 is 0 Å². The van der Waals surface area contributed by atoms with Gasteiger partial charge in [0.25, 0.3) is 0 Å². The molecule has 0 aliphatic heterocycles. The van der Waals surface area contributed by atoms with Crippen LogP contribution in [0.5, 0.6) is 0 Å². The minimum absolute atomic E-state index is 0.375. The van der Waals surface area contributed by atoms with Gasteiger partial charge in [-0.05, 0) is 0 Å². The van der Waals surface area contributed by atoms with Crippen molar-refractivity contribution in [1.82, 2.24) is 0 Å². The molecular weight excluding hydrogens is 447 g/mol. The van der Waals surface area contributed by atoms with Crippen molar-refractivity contribution in [3.63, 3.8) is 0 Å². The zero-order valence-electron chi connectivity index (χ0n) is 19.3. The second kappa shape index (κ2) is 12.4. The van der Waals surface area contributed by atoms with Crippen molar-refractivity contribution in [3.8, 4) is 0 Å². The third-order valence-corrected chi connectivity index (χ3v) is 7.64. The molecule has 5 heteroatoms. The Bertz CT molecular complexity index is 345. The molecule has 2 atom stereocenters. The summed E-state index contributed by atoms with van der Waals surface area (Å²) in [5, 5.41) is 20.7. The quantitative estimate of drug-likeness (QED) is 0.178. The van der Waals surface area contributed by atoms with Gasteiger partial charge in [0.05, 0.1) is 0 Å². The molecule has 0 saturated carbocycles. The van der Waals surface area contributed by atoms with Crippen LogP contribution in [-0.4, -0.2) is 43.8 Å². The Labute approximate surface area is 180 Å². The molecule has 162 valence electrons. The van der Waals surface area contributed by atoms with E-state index < -0.39 is 33.5 Å². The van der Waals surface area contributed by atoms with E-state index in [-0.39, 0.29) is 0 Å². The number of unbranched alkanes of at least 4 members (excludes halogenated alkanes) is 4. The van der Waals surface area contributed by atoms with Gasteiger partial charge in [-0.2, -0.15) is 0 Å². The van der Waals surface area contributed by atoms with Crippen LogP contribution in [-0.2, 0) is 6.15 Å². The summed E-state index contributed by atoms with van der Waals surface area (Å²) in [7, 11) is 0. The Morgan fingerprint density at radius 2 is 0.815 bits per heavy atom. The second-order valence-electron chi connectivity index (χ2n) is 10.9. The third-order valence-electron chi connectivity index (χ3n) is 4.66. The predicted octanol–water partition coefficient (Wildman–Crippen LogP) is 5.96. The summed E-state index contributed by atoms with van der Waals surface area (Å²) in [5.74, 6) is -2.26. The molecule has 0 rings (SSSR count). The van der Waals surface area contributed by atoms with Gasteiger partial charge in [0, 0.05) is 0 Å². The van der Waals surface area contributed by atoms with Crippen molar-refractivity contribution in [1.29, 1.82) is 0 Å². The molecule has 4 nitrogen and oxygen atoms in total. The molecule has 0 aromatic carbocycles. The van der Waals surface area contributed by atoms with E-state index in [1.807, 2.05) is 0 Å². The van der Waals surface area contributed by atoms with E-state index in [1.165, 1.54) is 25.7 Å². The van der Waals surface area contributed by atoms with Crippen LogP contribution in [0.1, 0.15) is 120 Å². The van der Waals surface area contributed by atoms with Gasteiger partial charge in [-0.15, -0.1) is 0 Å². The first-order valence-corrected chi connectivity index (χ1v) is 13.0. The van der Waals surface area contributed by atoms with Gasteiger partial charge in [0.15, 0.2) is 0 Å². The first-order valence-electron chi connectivity index (χ1n) is 10.7. The van der Waals surface area contributed by atoms with Gasteiger partial charge < -0.3 is 0 Å². The van der Waals surface area contributed by atoms with Crippen LogP contribution in [0, 0.1) is 10.8 Å². The Kier molecular flexibility index (Phi) is 12.7. The number of hydrogen-bond acceptors (Lipinski definition) is 4. The van der Waals surface area contributed by atoms with E-state index in [9.17, 15) is 10.2 Å². The molecule has 27 heavy (non-hydrogen) atoms. The Hall–Kier alpha value is 0.639. The van der Waals surface area contributed by atoms with Crippen molar-refractivity contribution >= 4 is 22.0 Å². The van der Waals surface area contributed by atoms with Crippen LogP contribution in [0.15, 0.2) is 0 Å². The number of aliphatic hydroxyl groups is 2. The summed E-state index contributed by atoms with van der Waals surface area (Å²) >= 11 is -1.72. The summed E-state index contributed by atoms with van der Waals surface area (Å²) in [5.41, 5.74) is 0.749. The molecule has 0 aliphatic rings. The summed E-state index contributed by atoms with van der Waals surface area (Å²) in [6, 6.07) is 0. The summed E-state index contributed by atoms with van der Waals surface area (Å²) in [6.07, 6.45) is 10.1. The molecule has 2 unspecified atom stereocenters. The topological polar surface area (TPSA) is 58.9 Å². The van der Waals surface area contributed by atoms with Crippen LogP contribution in [0.25, 0.3) is 0 Å². The van der Waals surface area contributed by atoms with E-state index >= 15 is 0 Å². The van der Waals surface area contributed by atoms with E-state index in [2.05, 4.69) is 41.5 Å². The van der Waals surface area contributed by atoms with Crippen molar-refractivity contribution in [2.24, 2.45) is 10.8 Å². The van der Waals surface area contributed by atoms with Crippen molar-refractivity contribution in [3.05, 3.63) is 0 Å². The van der Waals surface area contributed by atoms with Crippen molar-refractivity contribution < 1.29 is 16.4 Å². The molecule has 0 heterocycles. The summed E-state index contributed by atoms with van der Waals surface area (Å²) in [4.78, 5) is 0. The number of hydrogen-bond donors (Lipinski definition) is 2. The second-order valence-corrected chi connectivity index (χ2v) is 12.5. The Morgan fingerprint density at radius 1 is 0.519 bits per heavy atom. The number of rotatable bonds is 14. The molecule has 0 bridgehead atoms. The fourth-order valence-electron chi connectivity index (χ4n) is 2.87. The molecule has 2 radical (unpaired) electrons. The van der Waals surface area contributed by atoms with E-state index in [0.29, 0.717) is 23.7 Å². The normalized spacial score (nSPS) is 17.6. The first kappa shape index (κ1) is 27.6. The maximum absolute atomic E-state index is 10.4. The average molecular weight is 493 g/mol. The molecule has 0 spiro atoms. The van der Waals surface area contributed by atoms with Crippen LogP contribution in [0.3, 0.4) is 0 Å². The predicted molar refractivity (Wildman–Crippen MR) is 114 cm³/mol. The van der Waals surface area contributed by atoms with Crippen LogP contribution < -0.4 is 0 Å². The molecule has 0 aromatic rings. The van der Waals surface area contributed by atoms with Gasteiger partial charge >= 0.3 is 180 Å². The van der Waals surface area contributed by atoms with E-state index in [1.54, 1.807) is 13.8 Å². The van der Waals surface area contributed by atoms with Gasteiger partial charge in [-0.25, -0.2) is 0 Å². The Balaban J connectivity index is 3.86. The van der Waals surface area contributed by atoms with Gasteiger partial charge in [-0.1, -0.05) is 0 Å². The molecule has 0 fully saturated rings. The van der Waals surface area contributed by atoms with Gasteiger partial charge in [0.2, 0.25) is 0 Å². The van der Waals surface area contributed by atoms with Crippen LogP contribution in [0.2, 0.25) is 0 Å². The minimum atomic E-state index is -1.72. The maximum atomic E-state index is 10.4. The molecule has 0 saturated heterocycles. The third kappa shape index (κ3) is 19.7. The fraction of sp³-hybridized carbons (Fsp3) is 1.00. The van der Waals surface area contributed by atoms with Crippen LogP contribution in [0.4, 0.5) is 0 Å². The Morgan fingerprint density at radius 3 is 1.11 bits per heavy atom. The summed E-state index contributed by atoms with van der Waals surface area (Å²) < 4.78 is 11.3. The van der Waals surface area contributed by atoms with Crippen molar-refractivity contribution in [2.45, 2.75) is 131 Å². The van der Waals surface area contributed by atoms with Gasteiger partial charge in [0.1, 0.15) is 0 Å². The zero-order chi connectivity index (χ0) is 21.2. The molecule has 0 aromatic heterocycles. The first-order chi connectivity index (χ1) is 12.1. The standard InChI is InChI=1S/2C11H23O2.Sn/c2*1-10(2,3)8-6-5-7-9-11(4,12)13;/h2*12H,5-9H2,1-4H3;/q2*-1;+2. The summed E-state index contributed by atoms with van der Waals surface area (Å²) in [6.45, 7) is 17.0. The zero-order valence-corrected chi connectivity index (χ0v) is 22.1. The average Bonchev–Trinajstić information content (AvgIpc) is 2.43. The molecule has 0 aliphatic carbocycles. The van der Waals surface area contributed by atoms with E-state index in [4.69, 9.17) is 6.15 Å². The van der Waals surface area contributed by atoms with E-state index in [0.717, 1.165) is 25.7 Å². The SMILES string of the molecule is CC(C)(C)CCCCCC(C)(O)[O][Sn][O]C(C)(O)CCCCCC(C)(C)C. The van der Waals surface area contributed by atoms with Gasteiger partial charge in [-0.3, -0.25) is 0 Å².